The first-order chi connectivity index (χ1) is 7.97. The Kier molecular flexibility index (Phi) is 4.38. The second kappa shape index (κ2) is 5.58. The average molecular weight is 242 g/mol. The second-order valence-electron chi connectivity index (χ2n) is 3.60. The minimum Gasteiger partial charge on any atom is -0.399 e. The van der Waals surface area contributed by atoms with E-state index in [1.165, 1.54) is 12.1 Å². The Hall–Kier alpha value is -1.70. The number of rotatable bonds is 5. The number of nitrogen functional groups attached to an aromatic ring is 1. The van der Waals surface area contributed by atoms with Crippen molar-refractivity contribution < 1.29 is 20.2 Å². The van der Waals surface area contributed by atoms with Gasteiger partial charge in [-0.05, 0) is 18.6 Å². The van der Waals surface area contributed by atoms with Crippen LogP contribution in [0.25, 0.3) is 0 Å². The summed E-state index contributed by atoms with van der Waals surface area (Å²) in [5.41, 5.74) is 5.23. The van der Waals surface area contributed by atoms with Crippen LogP contribution in [0, 0.1) is 10.1 Å². The summed E-state index contributed by atoms with van der Waals surface area (Å²) in [7, 11) is 0. The summed E-state index contributed by atoms with van der Waals surface area (Å²) in [6, 6.07) is 3.81. The van der Waals surface area contributed by atoms with Crippen molar-refractivity contribution in [2.75, 3.05) is 12.3 Å². The van der Waals surface area contributed by atoms with Gasteiger partial charge in [0.05, 0.1) is 16.6 Å². The lowest BCUT2D eigenvalue weighted by molar-refractivity contribution is -0.386. The Morgan fingerprint density at radius 2 is 2.06 bits per heavy atom. The summed E-state index contributed by atoms with van der Waals surface area (Å²) in [5.74, 6) is 0. The fourth-order valence-corrected chi connectivity index (χ4v) is 1.47. The van der Waals surface area contributed by atoms with E-state index in [1.54, 1.807) is 0 Å². The molecule has 1 aromatic rings. The molecule has 7 heteroatoms. The predicted octanol–water partition coefficient (Wildman–Crippen LogP) is -0.0463. The van der Waals surface area contributed by atoms with E-state index in [-0.39, 0.29) is 30.0 Å². The summed E-state index contributed by atoms with van der Waals surface area (Å²) in [6.45, 7) is -0.318. The van der Waals surface area contributed by atoms with E-state index >= 15 is 0 Å². The third-order valence-electron chi connectivity index (χ3n) is 2.36. The van der Waals surface area contributed by atoms with Gasteiger partial charge in [0.15, 0.2) is 0 Å². The number of benzene rings is 1. The molecule has 0 aliphatic carbocycles. The molecule has 0 aliphatic heterocycles. The van der Waals surface area contributed by atoms with Crippen molar-refractivity contribution in [2.24, 2.45) is 0 Å². The highest BCUT2D eigenvalue weighted by atomic mass is 16.6. The molecular weight excluding hydrogens is 228 g/mol. The van der Waals surface area contributed by atoms with Crippen LogP contribution < -0.4 is 5.73 Å². The highest BCUT2D eigenvalue weighted by Crippen LogP contribution is 2.29. The number of hydrogen-bond donors (Lipinski definition) is 4. The topological polar surface area (TPSA) is 130 Å². The number of nitro groups is 1. The largest absolute Gasteiger partial charge is 0.399 e. The summed E-state index contributed by atoms with van der Waals surface area (Å²) in [6.07, 6.45) is -2.76. The molecule has 0 radical (unpaired) electrons. The first-order valence-electron chi connectivity index (χ1n) is 4.98. The molecule has 0 saturated heterocycles. The van der Waals surface area contributed by atoms with Crippen LogP contribution in [0.15, 0.2) is 18.2 Å². The molecule has 0 bridgehead atoms. The molecule has 1 aromatic carbocycles. The van der Waals surface area contributed by atoms with Gasteiger partial charge < -0.3 is 21.1 Å². The Morgan fingerprint density at radius 3 is 2.59 bits per heavy atom. The Labute approximate surface area is 97.3 Å². The van der Waals surface area contributed by atoms with Crippen LogP contribution >= 0.6 is 0 Å². The van der Waals surface area contributed by atoms with E-state index in [2.05, 4.69) is 0 Å². The predicted molar refractivity (Wildman–Crippen MR) is 60.2 cm³/mol. The molecule has 94 valence electrons. The van der Waals surface area contributed by atoms with Crippen molar-refractivity contribution >= 4 is 11.4 Å². The number of anilines is 1. The number of aliphatic hydroxyl groups is 3. The minimum absolute atomic E-state index is 0.0230. The monoisotopic (exact) mass is 242 g/mol. The molecule has 0 aliphatic rings. The smallest absolute Gasteiger partial charge is 0.277 e. The lowest BCUT2D eigenvalue weighted by atomic mass is 10.0. The highest BCUT2D eigenvalue weighted by Gasteiger charge is 2.25. The van der Waals surface area contributed by atoms with E-state index < -0.39 is 17.1 Å². The molecule has 0 fully saturated rings. The van der Waals surface area contributed by atoms with Crippen molar-refractivity contribution in [3.05, 3.63) is 33.9 Å². The van der Waals surface area contributed by atoms with Crippen LogP contribution in [-0.2, 0) is 0 Å². The van der Waals surface area contributed by atoms with Gasteiger partial charge in [-0.2, -0.15) is 0 Å². The maximum atomic E-state index is 10.8. The Bertz CT molecular complexity index is 410. The fourth-order valence-electron chi connectivity index (χ4n) is 1.47. The van der Waals surface area contributed by atoms with Crippen molar-refractivity contribution in [1.82, 2.24) is 0 Å². The second-order valence-corrected chi connectivity index (χ2v) is 3.60. The molecule has 1 rings (SSSR count). The third-order valence-corrected chi connectivity index (χ3v) is 2.36. The maximum absolute atomic E-state index is 10.8. The van der Waals surface area contributed by atoms with Crippen LogP contribution in [0.2, 0.25) is 0 Å². The molecule has 0 heterocycles. The van der Waals surface area contributed by atoms with E-state index in [0.717, 1.165) is 6.07 Å². The van der Waals surface area contributed by atoms with Gasteiger partial charge in [0, 0.05) is 18.4 Å². The molecule has 0 aromatic heterocycles. The molecule has 0 amide bonds. The molecule has 0 saturated carbocycles. The molecule has 2 atom stereocenters. The van der Waals surface area contributed by atoms with Crippen LogP contribution in [0.5, 0.6) is 0 Å². The maximum Gasteiger partial charge on any atom is 0.277 e. The first kappa shape index (κ1) is 13.4. The normalized spacial score (nSPS) is 14.3. The number of nitro benzene ring substituents is 1. The zero-order chi connectivity index (χ0) is 13.0. The lowest BCUT2D eigenvalue weighted by Gasteiger charge is -2.17. The van der Waals surface area contributed by atoms with Crippen molar-refractivity contribution in [3.63, 3.8) is 0 Å². The number of hydrogen-bond acceptors (Lipinski definition) is 6. The van der Waals surface area contributed by atoms with Gasteiger partial charge in [0.2, 0.25) is 0 Å². The first-order valence-corrected chi connectivity index (χ1v) is 4.98. The van der Waals surface area contributed by atoms with Gasteiger partial charge in [-0.1, -0.05) is 0 Å². The molecule has 5 N–H and O–H groups in total. The van der Waals surface area contributed by atoms with Crippen LogP contribution in [0.4, 0.5) is 11.4 Å². The average Bonchev–Trinajstić information content (AvgIpc) is 2.28. The van der Waals surface area contributed by atoms with Crippen molar-refractivity contribution in [1.29, 1.82) is 0 Å². The van der Waals surface area contributed by atoms with Crippen LogP contribution in [0.3, 0.4) is 0 Å². The van der Waals surface area contributed by atoms with Gasteiger partial charge in [-0.3, -0.25) is 10.1 Å². The third kappa shape index (κ3) is 3.13. The van der Waals surface area contributed by atoms with E-state index in [1.807, 2.05) is 0 Å². The summed E-state index contributed by atoms with van der Waals surface area (Å²) in [5, 5.41) is 38.6. The minimum atomic E-state index is -1.43. The van der Waals surface area contributed by atoms with Crippen LogP contribution in [0.1, 0.15) is 18.1 Å². The van der Waals surface area contributed by atoms with Gasteiger partial charge in [0.1, 0.15) is 6.10 Å². The standard InChI is InChI=1S/C10H14N2O5/c11-6-1-2-7(8(5-6)12(16)17)10(15)9(14)3-4-13/h1-2,5,9-10,13-15H,3-4,11H2. The molecule has 2 unspecified atom stereocenters. The summed E-state index contributed by atoms with van der Waals surface area (Å²) < 4.78 is 0. The van der Waals surface area contributed by atoms with E-state index in [0.29, 0.717) is 0 Å². The SMILES string of the molecule is Nc1ccc(C(O)C(O)CCO)c([N+](=O)[O-])c1. The van der Waals surface area contributed by atoms with Gasteiger partial charge in [0.25, 0.3) is 5.69 Å². The van der Waals surface area contributed by atoms with Crippen LogP contribution in [-0.4, -0.2) is 33.0 Å². The lowest BCUT2D eigenvalue weighted by Crippen LogP contribution is -2.20. The number of nitrogens with two attached hydrogens (primary N) is 1. The van der Waals surface area contributed by atoms with Crippen molar-refractivity contribution in [2.45, 2.75) is 18.6 Å². The molecular formula is C10H14N2O5. The molecule has 17 heavy (non-hydrogen) atoms. The van der Waals surface area contributed by atoms with E-state index in [9.17, 15) is 20.3 Å². The Morgan fingerprint density at radius 1 is 1.41 bits per heavy atom. The fraction of sp³-hybridized carbons (Fsp3) is 0.400. The Balaban J connectivity index is 3.08. The number of aliphatic hydroxyl groups excluding tert-OH is 3. The molecule has 7 nitrogen and oxygen atoms in total. The summed E-state index contributed by atoms with van der Waals surface area (Å²) in [4.78, 5) is 10.1. The zero-order valence-corrected chi connectivity index (χ0v) is 8.98. The highest BCUT2D eigenvalue weighted by molar-refractivity contribution is 5.53. The van der Waals surface area contributed by atoms with E-state index in [4.69, 9.17) is 10.8 Å². The zero-order valence-electron chi connectivity index (χ0n) is 8.98. The number of nitrogens with zero attached hydrogens (tertiary/aromatic N) is 1. The van der Waals surface area contributed by atoms with Gasteiger partial charge in [-0.25, -0.2) is 0 Å². The quantitative estimate of drug-likeness (QED) is 0.325. The van der Waals surface area contributed by atoms with Crippen molar-refractivity contribution in [3.8, 4) is 0 Å². The van der Waals surface area contributed by atoms with Gasteiger partial charge >= 0.3 is 0 Å². The summed E-state index contributed by atoms with van der Waals surface area (Å²) >= 11 is 0. The van der Waals surface area contributed by atoms with Gasteiger partial charge in [-0.15, -0.1) is 0 Å². The molecule has 0 spiro atoms.